The number of benzene rings is 2. The summed E-state index contributed by atoms with van der Waals surface area (Å²) in [5.41, 5.74) is 2.90. The number of rotatable bonds is 5. The van der Waals surface area contributed by atoms with Gasteiger partial charge >= 0.3 is 5.69 Å². The molecule has 3 heterocycles. The van der Waals surface area contributed by atoms with E-state index in [2.05, 4.69) is 4.57 Å². The molecule has 1 atom stereocenters. The highest BCUT2D eigenvalue weighted by Gasteiger charge is 2.34. The molecule has 0 fully saturated rings. The van der Waals surface area contributed by atoms with Crippen molar-refractivity contribution in [1.82, 2.24) is 13.7 Å². The summed E-state index contributed by atoms with van der Waals surface area (Å²) < 4.78 is 27.4. The largest absolute Gasteiger partial charge is 0.497 e. The van der Waals surface area contributed by atoms with Crippen LogP contribution in [0.2, 0.25) is 0 Å². The zero-order chi connectivity index (χ0) is 24.9. The maximum absolute atomic E-state index is 13.5. The molecular weight excluding hydrogens is 450 g/mol. The van der Waals surface area contributed by atoms with E-state index >= 15 is 0 Å². The number of aromatic nitrogens is 3. The lowest BCUT2D eigenvalue weighted by atomic mass is 10.0. The van der Waals surface area contributed by atoms with Crippen LogP contribution in [0.15, 0.2) is 52.1 Å². The molecule has 9 heteroatoms. The fraction of sp³-hybridized carbons (Fsp3) is 0.308. The van der Waals surface area contributed by atoms with Gasteiger partial charge in [0, 0.05) is 32.3 Å². The fourth-order valence-electron chi connectivity index (χ4n) is 4.90. The number of aryl methyl sites for hydroxylation is 1. The topological polar surface area (TPSA) is 85.9 Å². The number of methoxy groups -OCH3 is 3. The molecule has 0 aliphatic carbocycles. The Kier molecular flexibility index (Phi) is 5.64. The highest BCUT2D eigenvalue weighted by atomic mass is 16.5. The van der Waals surface area contributed by atoms with Crippen LogP contribution >= 0.6 is 0 Å². The molecule has 2 aromatic carbocycles. The van der Waals surface area contributed by atoms with E-state index in [1.54, 1.807) is 34.4 Å². The molecule has 2 aromatic heterocycles. The molecule has 5 rings (SSSR count). The molecule has 0 radical (unpaired) electrons. The van der Waals surface area contributed by atoms with Gasteiger partial charge in [0.05, 0.1) is 50.2 Å². The van der Waals surface area contributed by atoms with Crippen LogP contribution in [0.25, 0.3) is 22.2 Å². The van der Waals surface area contributed by atoms with Gasteiger partial charge in [-0.3, -0.25) is 13.9 Å². The van der Waals surface area contributed by atoms with Crippen LogP contribution in [0.4, 0.5) is 0 Å². The van der Waals surface area contributed by atoms with Crippen molar-refractivity contribution in [3.63, 3.8) is 0 Å². The third-order valence-electron chi connectivity index (χ3n) is 6.64. The lowest BCUT2D eigenvalue weighted by molar-refractivity contribution is 0.0463. The Morgan fingerprint density at radius 2 is 1.57 bits per heavy atom. The third-order valence-corrected chi connectivity index (χ3v) is 6.64. The summed E-state index contributed by atoms with van der Waals surface area (Å²) in [6.45, 7) is 0.947. The van der Waals surface area contributed by atoms with Gasteiger partial charge in [-0.2, -0.15) is 0 Å². The van der Waals surface area contributed by atoms with Crippen LogP contribution in [-0.4, -0.2) is 41.6 Å². The highest BCUT2D eigenvalue weighted by Crippen LogP contribution is 2.43. The Morgan fingerprint density at radius 3 is 2.23 bits per heavy atom. The number of hydrogen-bond donors (Lipinski definition) is 0. The van der Waals surface area contributed by atoms with Gasteiger partial charge in [-0.25, -0.2) is 4.79 Å². The molecule has 0 saturated carbocycles. The van der Waals surface area contributed by atoms with Crippen molar-refractivity contribution in [2.75, 3.05) is 27.9 Å². The van der Waals surface area contributed by atoms with E-state index < -0.39 is 11.8 Å². The zero-order valence-corrected chi connectivity index (χ0v) is 20.3. The van der Waals surface area contributed by atoms with Crippen molar-refractivity contribution in [1.29, 1.82) is 0 Å². The van der Waals surface area contributed by atoms with Crippen LogP contribution in [-0.2, 0) is 25.4 Å². The fourth-order valence-corrected chi connectivity index (χ4v) is 4.90. The van der Waals surface area contributed by atoms with E-state index in [1.807, 2.05) is 36.4 Å². The van der Waals surface area contributed by atoms with Gasteiger partial charge < -0.3 is 23.5 Å². The average Bonchev–Trinajstić information content (AvgIpc) is 3.26. The van der Waals surface area contributed by atoms with Crippen molar-refractivity contribution >= 4 is 10.9 Å². The Bertz CT molecular complexity index is 1550. The van der Waals surface area contributed by atoms with Gasteiger partial charge in [-0.1, -0.05) is 0 Å². The second-order valence-corrected chi connectivity index (χ2v) is 8.40. The Labute approximate surface area is 201 Å². The Hall–Kier alpha value is -3.98. The predicted molar refractivity (Wildman–Crippen MR) is 132 cm³/mol. The van der Waals surface area contributed by atoms with Crippen molar-refractivity contribution in [2.45, 2.75) is 12.6 Å². The molecule has 1 aliphatic rings. The molecule has 0 unspecified atom stereocenters. The first-order valence-electron chi connectivity index (χ1n) is 11.2. The van der Waals surface area contributed by atoms with E-state index in [4.69, 9.17) is 18.9 Å². The second-order valence-electron chi connectivity index (χ2n) is 8.40. The minimum Gasteiger partial charge on any atom is -0.497 e. The first-order valence-corrected chi connectivity index (χ1v) is 11.2. The van der Waals surface area contributed by atoms with E-state index in [9.17, 15) is 9.59 Å². The number of ether oxygens (including phenoxy) is 4. The normalized spacial score (nSPS) is 15.2. The van der Waals surface area contributed by atoms with E-state index in [-0.39, 0.29) is 5.56 Å². The molecule has 0 amide bonds. The molecule has 0 saturated heterocycles. The third kappa shape index (κ3) is 3.42. The molecule has 0 N–H and O–H groups in total. The zero-order valence-electron chi connectivity index (χ0n) is 20.3. The molecule has 0 bridgehead atoms. The maximum atomic E-state index is 13.5. The van der Waals surface area contributed by atoms with Gasteiger partial charge in [-0.15, -0.1) is 0 Å². The summed E-state index contributed by atoms with van der Waals surface area (Å²) >= 11 is 0. The number of nitrogens with zero attached hydrogens (tertiary/aromatic N) is 3. The van der Waals surface area contributed by atoms with E-state index in [0.717, 1.165) is 27.1 Å². The van der Waals surface area contributed by atoms with Crippen LogP contribution in [0.1, 0.15) is 17.4 Å². The van der Waals surface area contributed by atoms with Crippen molar-refractivity contribution in [3.8, 4) is 28.5 Å². The average molecular weight is 478 g/mol. The van der Waals surface area contributed by atoms with Crippen molar-refractivity contribution < 1.29 is 18.9 Å². The summed E-state index contributed by atoms with van der Waals surface area (Å²) in [5, 5.41) is 0.470. The van der Waals surface area contributed by atoms with Gasteiger partial charge in [0.2, 0.25) is 0 Å². The summed E-state index contributed by atoms with van der Waals surface area (Å²) in [6.07, 6.45) is -0.559. The summed E-state index contributed by atoms with van der Waals surface area (Å²) in [4.78, 5) is 26.5. The first kappa shape index (κ1) is 22.8. The van der Waals surface area contributed by atoms with E-state index in [0.29, 0.717) is 41.3 Å². The molecular formula is C26H27N3O6. The summed E-state index contributed by atoms with van der Waals surface area (Å²) in [5.74, 6) is 1.96. The second kappa shape index (κ2) is 8.66. The molecule has 182 valence electrons. The predicted octanol–water partition coefficient (Wildman–Crippen LogP) is 2.85. The smallest absolute Gasteiger partial charge is 0.331 e. The van der Waals surface area contributed by atoms with Crippen molar-refractivity contribution in [3.05, 3.63) is 74.6 Å². The first-order chi connectivity index (χ1) is 16.9. The lowest BCUT2D eigenvalue weighted by Gasteiger charge is -2.28. The van der Waals surface area contributed by atoms with Crippen LogP contribution < -0.4 is 25.5 Å². The number of hydrogen-bond acceptors (Lipinski definition) is 6. The van der Waals surface area contributed by atoms with Crippen molar-refractivity contribution in [2.24, 2.45) is 14.1 Å². The molecule has 1 aliphatic heterocycles. The highest BCUT2D eigenvalue weighted by molar-refractivity contribution is 5.96. The van der Waals surface area contributed by atoms with Crippen LogP contribution in [0.3, 0.4) is 0 Å². The molecule has 0 spiro atoms. The standard InChI is InChI=1S/C26H27N3O6/c1-27-22-20(25(30)28(2)26(27)31)21(15-6-8-16(32-3)9-7-15)29-12-13-35-24(23(22)29)18-11-10-17(33-4)14-19(18)34-5/h6-11,14,24H,12-13H2,1-5H3/t24-/m1/s1. The van der Waals surface area contributed by atoms with Gasteiger partial charge in [0.25, 0.3) is 5.56 Å². The molecule has 35 heavy (non-hydrogen) atoms. The van der Waals surface area contributed by atoms with Crippen LogP contribution in [0.5, 0.6) is 17.2 Å². The minimum absolute atomic E-state index is 0.351. The van der Waals surface area contributed by atoms with Crippen LogP contribution in [0, 0.1) is 0 Å². The SMILES string of the molecule is COc1ccc(-c2c3c(=O)n(C)c(=O)n(C)c3c3n2CCO[C@@H]3c2ccc(OC)cc2OC)cc1. The lowest BCUT2D eigenvalue weighted by Crippen LogP contribution is -2.37. The summed E-state index contributed by atoms with van der Waals surface area (Å²) in [6, 6.07) is 13.1. The Balaban J connectivity index is 1.88. The van der Waals surface area contributed by atoms with Gasteiger partial charge in [0.15, 0.2) is 0 Å². The molecule has 4 aromatic rings. The monoisotopic (exact) mass is 477 g/mol. The maximum Gasteiger partial charge on any atom is 0.331 e. The quantitative estimate of drug-likeness (QED) is 0.440. The number of fused-ring (bicyclic) bond motifs is 3. The Morgan fingerprint density at radius 1 is 0.886 bits per heavy atom. The molecule has 9 nitrogen and oxygen atoms in total. The summed E-state index contributed by atoms with van der Waals surface area (Å²) in [7, 11) is 7.97. The minimum atomic E-state index is -0.559. The van der Waals surface area contributed by atoms with E-state index in [1.165, 1.54) is 11.6 Å². The van der Waals surface area contributed by atoms with Gasteiger partial charge in [0.1, 0.15) is 23.4 Å². The van der Waals surface area contributed by atoms with Gasteiger partial charge in [-0.05, 0) is 42.0 Å².